The van der Waals surface area contributed by atoms with Crippen LogP contribution in [-0.2, 0) is 4.79 Å². The predicted octanol–water partition coefficient (Wildman–Crippen LogP) is 2.62. The minimum Gasteiger partial charge on any atom is -0.396 e. The summed E-state index contributed by atoms with van der Waals surface area (Å²) in [5.74, 6) is 0.194. The van der Waals surface area contributed by atoms with E-state index in [2.05, 4.69) is 19.2 Å². The molecule has 1 atom stereocenters. The third-order valence-corrected chi connectivity index (χ3v) is 4.06. The molecule has 1 saturated carbocycles. The molecule has 0 radical (unpaired) electrons. The Balaban J connectivity index is 2.54. The summed E-state index contributed by atoms with van der Waals surface area (Å²) in [5.41, 5.74) is -0.181. The van der Waals surface area contributed by atoms with Gasteiger partial charge in [0.15, 0.2) is 0 Å². The van der Waals surface area contributed by atoms with E-state index in [0.717, 1.165) is 19.3 Å². The number of carbonyl (C=O) groups excluding carboxylic acids is 1. The van der Waals surface area contributed by atoms with Crippen LogP contribution in [0.3, 0.4) is 0 Å². The van der Waals surface area contributed by atoms with Gasteiger partial charge in [-0.15, -0.1) is 0 Å². The van der Waals surface area contributed by atoms with Crippen molar-refractivity contribution in [3.63, 3.8) is 0 Å². The Morgan fingerprint density at radius 2 is 1.88 bits per heavy atom. The van der Waals surface area contributed by atoms with E-state index in [1.165, 1.54) is 25.7 Å². The van der Waals surface area contributed by atoms with Gasteiger partial charge in [0.1, 0.15) is 0 Å². The van der Waals surface area contributed by atoms with Gasteiger partial charge >= 0.3 is 0 Å². The average Bonchev–Trinajstić information content (AvgIpc) is 2.54. The zero-order valence-electron chi connectivity index (χ0n) is 11.3. The molecule has 0 saturated heterocycles. The first-order chi connectivity index (χ1) is 8.12. The molecule has 3 heteroatoms. The molecule has 2 N–H and O–H groups in total. The van der Waals surface area contributed by atoms with Crippen molar-refractivity contribution in [1.82, 2.24) is 5.32 Å². The molecule has 1 aliphatic carbocycles. The first-order valence-electron chi connectivity index (χ1n) is 7.04. The second-order valence-corrected chi connectivity index (χ2v) is 5.57. The van der Waals surface area contributed by atoms with E-state index in [1.807, 2.05) is 0 Å². The molecule has 1 unspecified atom stereocenters. The number of carbonyl (C=O) groups is 1. The van der Waals surface area contributed by atoms with Crippen molar-refractivity contribution in [3.05, 3.63) is 0 Å². The minimum atomic E-state index is -0.181. The normalized spacial score (nSPS) is 21.6. The van der Waals surface area contributed by atoms with Crippen molar-refractivity contribution in [2.45, 2.75) is 71.3 Å². The van der Waals surface area contributed by atoms with E-state index < -0.39 is 0 Å². The molecule has 17 heavy (non-hydrogen) atoms. The van der Waals surface area contributed by atoms with Crippen molar-refractivity contribution < 1.29 is 9.90 Å². The highest BCUT2D eigenvalue weighted by molar-refractivity contribution is 5.82. The van der Waals surface area contributed by atoms with Crippen molar-refractivity contribution in [2.75, 3.05) is 6.61 Å². The fraction of sp³-hybridized carbons (Fsp3) is 0.929. The van der Waals surface area contributed by atoms with Gasteiger partial charge in [0.05, 0.1) is 0 Å². The highest BCUT2D eigenvalue weighted by Crippen LogP contribution is 2.34. The lowest BCUT2D eigenvalue weighted by Gasteiger charge is -2.29. The van der Waals surface area contributed by atoms with Gasteiger partial charge in [-0.3, -0.25) is 4.79 Å². The maximum atomic E-state index is 12.3. The number of hydrogen-bond acceptors (Lipinski definition) is 2. The van der Waals surface area contributed by atoms with Crippen LogP contribution in [0.5, 0.6) is 0 Å². The molecule has 1 amide bonds. The Hall–Kier alpha value is -0.570. The lowest BCUT2D eigenvalue weighted by atomic mass is 9.81. The van der Waals surface area contributed by atoms with Crippen LogP contribution in [0, 0.1) is 5.41 Å². The van der Waals surface area contributed by atoms with E-state index >= 15 is 0 Å². The molecule has 3 nitrogen and oxygen atoms in total. The third-order valence-electron chi connectivity index (χ3n) is 4.06. The number of rotatable bonds is 5. The Kier molecular flexibility index (Phi) is 5.96. The zero-order valence-corrected chi connectivity index (χ0v) is 11.3. The van der Waals surface area contributed by atoms with Crippen LogP contribution in [0.25, 0.3) is 0 Å². The first kappa shape index (κ1) is 14.5. The van der Waals surface area contributed by atoms with Gasteiger partial charge < -0.3 is 10.4 Å². The van der Waals surface area contributed by atoms with Crippen LogP contribution in [0.15, 0.2) is 0 Å². The van der Waals surface area contributed by atoms with E-state index in [1.54, 1.807) is 0 Å². The average molecular weight is 241 g/mol. The van der Waals surface area contributed by atoms with Crippen molar-refractivity contribution >= 4 is 5.91 Å². The van der Waals surface area contributed by atoms with Gasteiger partial charge in [0.2, 0.25) is 5.91 Å². The molecular formula is C14H27NO2. The minimum absolute atomic E-state index is 0.132. The molecule has 100 valence electrons. The summed E-state index contributed by atoms with van der Waals surface area (Å²) in [5, 5.41) is 12.1. The first-order valence-corrected chi connectivity index (χ1v) is 7.04. The third kappa shape index (κ3) is 4.30. The SMILES string of the molecule is CCC(CCO)NC(=O)C1(C)CCCCCC1. The summed E-state index contributed by atoms with van der Waals surface area (Å²) in [6.07, 6.45) is 8.43. The summed E-state index contributed by atoms with van der Waals surface area (Å²) in [6, 6.07) is 0.132. The second-order valence-electron chi connectivity index (χ2n) is 5.57. The smallest absolute Gasteiger partial charge is 0.226 e. The maximum Gasteiger partial charge on any atom is 0.226 e. The number of nitrogens with one attached hydrogen (secondary N) is 1. The number of aliphatic hydroxyl groups is 1. The van der Waals surface area contributed by atoms with Gasteiger partial charge in [0, 0.05) is 18.1 Å². The van der Waals surface area contributed by atoms with Crippen molar-refractivity contribution in [1.29, 1.82) is 0 Å². The lowest BCUT2D eigenvalue weighted by molar-refractivity contribution is -0.131. The molecular weight excluding hydrogens is 214 g/mol. The maximum absolute atomic E-state index is 12.3. The summed E-state index contributed by atoms with van der Waals surface area (Å²) >= 11 is 0. The number of aliphatic hydroxyl groups excluding tert-OH is 1. The van der Waals surface area contributed by atoms with Gasteiger partial charge in [-0.1, -0.05) is 39.5 Å². The molecule has 0 aromatic carbocycles. The molecule has 0 spiro atoms. The zero-order chi connectivity index (χ0) is 12.7. The van der Waals surface area contributed by atoms with Crippen LogP contribution in [0.4, 0.5) is 0 Å². The van der Waals surface area contributed by atoms with E-state index in [9.17, 15) is 4.79 Å². The summed E-state index contributed by atoms with van der Waals surface area (Å²) < 4.78 is 0. The van der Waals surface area contributed by atoms with E-state index in [4.69, 9.17) is 5.11 Å². The molecule has 1 fully saturated rings. The summed E-state index contributed by atoms with van der Waals surface area (Å²) in [4.78, 5) is 12.3. The number of hydrogen-bond donors (Lipinski definition) is 2. The Morgan fingerprint density at radius 1 is 1.29 bits per heavy atom. The van der Waals surface area contributed by atoms with Crippen molar-refractivity contribution in [3.8, 4) is 0 Å². The fourth-order valence-corrected chi connectivity index (χ4v) is 2.63. The molecule has 0 aromatic heterocycles. The highest BCUT2D eigenvalue weighted by Gasteiger charge is 2.34. The predicted molar refractivity (Wildman–Crippen MR) is 69.7 cm³/mol. The van der Waals surface area contributed by atoms with Crippen LogP contribution in [0.1, 0.15) is 65.2 Å². The Bertz CT molecular complexity index is 232. The summed E-state index contributed by atoms with van der Waals surface area (Å²) in [7, 11) is 0. The lowest BCUT2D eigenvalue weighted by Crippen LogP contribution is -2.44. The van der Waals surface area contributed by atoms with E-state index in [-0.39, 0.29) is 24.0 Å². The largest absolute Gasteiger partial charge is 0.396 e. The van der Waals surface area contributed by atoms with Crippen LogP contribution in [-0.4, -0.2) is 23.7 Å². The Morgan fingerprint density at radius 3 is 2.35 bits per heavy atom. The highest BCUT2D eigenvalue weighted by atomic mass is 16.3. The standard InChI is InChI=1S/C14H27NO2/c1-3-12(8-11-16)15-13(17)14(2)9-6-4-5-7-10-14/h12,16H,3-11H2,1-2H3,(H,15,17). The van der Waals surface area contributed by atoms with Gasteiger partial charge in [-0.05, 0) is 25.7 Å². The van der Waals surface area contributed by atoms with Crippen LogP contribution >= 0.6 is 0 Å². The van der Waals surface area contributed by atoms with E-state index in [0.29, 0.717) is 6.42 Å². The molecule has 1 aliphatic rings. The van der Waals surface area contributed by atoms with Crippen LogP contribution < -0.4 is 5.32 Å². The van der Waals surface area contributed by atoms with Crippen LogP contribution in [0.2, 0.25) is 0 Å². The summed E-state index contributed by atoms with van der Waals surface area (Å²) in [6.45, 7) is 4.30. The van der Waals surface area contributed by atoms with Gasteiger partial charge in [-0.25, -0.2) is 0 Å². The molecule has 0 bridgehead atoms. The van der Waals surface area contributed by atoms with Gasteiger partial charge in [0.25, 0.3) is 0 Å². The second kappa shape index (κ2) is 7.00. The fourth-order valence-electron chi connectivity index (χ4n) is 2.63. The van der Waals surface area contributed by atoms with Crippen molar-refractivity contribution in [2.24, 2.45) is 5.41 Å². The Labute approximate surface area is 105 Å². The molecule has 0 aromatic rings. The van der Waals surface area contributed by atoms with Gasteiger partial charge in [-0.2, -0.15) is 0 Å². The topological polar surface area (TPSA) is 49.3 Å². The molecule has 0 aliphatic heterocycles. The molecule has 0 heterocycles. The monoisotopic (exact) mass is 241 g/mol. The quantitative estimate of drug-likeness (QED) is 0.727. The molecule has 1 rings (SSSR count). The number of amides is 1.